The minimum Gasteiger partial charge on any atom is -0.305 e. The highest BCUT2D eigenvalue weighted by atomic mass is 15.3. The third kappa shape index (κ3) is 2.71. The first-order valence-corrected chi connectivity index (χ1v) is 7.01. The molecule has 0 radical (unpaired) electrons. The van der Waals surface area contributed by atoms with Gasteiger partial charge in [-0.3, -0.25) is 4.68 Å². The van der Waals surface area contributed by atoms with Crippen molar-refractivity contribution in [2.24, 2.45) is 13.0 Å². The maximum atomic E-state index is 4.30. The molecule has 1 fully saturated rings. The van der Waals surface area contributed by atoms with Gasteiger partial charge < -0.3 is 5.32 Å². The molecule has 1 aliphatic carbocycles. The molecule has 0 bridgehead atoms. The van der Waals surface area contributed by atoms with Crippen LogP contribution in [0.5, 0.6) is 0 Å². The zero-order valence-electron chi connectivity index (χ0n) is 11.6. The highest BCUT2D eigenvalue weighted by Gasteiger charge is 2.31. The Morgan fingerprint density at radius 3 is 2.63 bits per heavy atom. The first-order chi connectivity index (χ1) is 9.25. The van der Waals surface area contributed by atoms with E-state index in [1.54, 1.807) is 0 Å². The fourth-order valence-electron chi connectivity index (χ4n) is 2.58. The van der Waals surface area contributed by atoms with Crippen LogP contribution in [0.2, 0.25) is 0 Å². The van der Waals surface area contributed by atoms with Gasteiger partial charge in [0, 0.05) is 30.9 Å². The molecule has 1 heterocycles. The van der Waals surface area contributed by atoms with Crippen LogP contribution in [0.25, 0.3) is 0 Å². The summed E-state index contributed by atoms with van der Waals surface area (Å²) in [6.07, 6.45) is 4.66. The van der Waals surface area contributed by atoms with Crippen LogP contribution < -0.4 is 5.32 Å². The normalized spacial score (nSPS) is 16.5. The second-order valence-electron chi connectivity index (χ2n) is 5.49. The SMILES string of the molecule is Cc1c(CNC(c2ccccc2)C2CC2)cnn1C. The van der Waals surface area contributed by atoms with Crippen LogP contribution in [-0.4, -0.2) is 9.78 Å². The molecule has 19 heavy (non-hydrogen) atoms. The fourth-order valence-corrected chi connectivity index (χ4v) is 2.58. The van der Waals surface area contributed by atoms with E-state index in [9.17, 15) is 0 Å². The molecule has 1 saturated carbocycles. The van der Waals surface area contributed by atoms with Gasteiger partial charge in [-0.05, 0) is 31.2 Å². The van der Waals surface area contributed by atoms with Crippen LogP contribution in [0, 0.1) is 12.8 Å². The van der Waals surface area contributed by atoms with Crippen molar-refractivity contribution in [3.63, 3.8) is 0 Å². The zero-order chi connectivity index (χ0) is 13.2. The van der Waals surface area contributed by atoms with E-state index >= 15 is 0 Å². The minimum absolute atomic E-state index is 0.487. The molecule has 100 valence electrons. The Hall–Kier alpha value is -1.61. The van der Waals surface area contributed by atoms with Gasteiger partial charge in [0.1, 0.15) is 0 Å². The highest BCUT2D eigenvalue weighted by Crippen LogP contribution is 2.41. The van der Waals surface area contributed by atoms with Crippen LogP contribution >= 0.6 is 0 Å². The Morgan fingerprint density at radius 1 is 1.32 bits per heavy atom. The molecule has 0 amide bonds. The van der Waals surface area contributed by atoms with Crippen molar-refractivity contribution in [2.75, 3.05) is 0 Å². The lowest BCUT2D eigenvalue weighted by atomic mass is 10.0. The predicted octanol–water partition coefficient (Wildman–Crippen LogP) is 2.97. The number of aryl methyl sites for hydroxylation is 1. The Kier molecular flexibility index (Phi) is 3.38. The van der Waals surface area contributed by atoms with Gasteiger partial charge in [0.25, 0.3) is 0 Å². The number of hydrogen-bond donors (Lipinski definition) is 1. The topological polar surface area (TPSA) is 29.9 Å². The van der Waals surface area contributed by atoms with Gasteiger partial charge in [-0.2, -0.15) is 5.10 Å². The molecule has 1 atom stereocenters. The molecule has 3 heteroatoms. The van der Waals surface area contributed by atoms with Crippen molar-refractivity contribution in [2.45, 2.75) is 32.4 Å². The second-order valence-corrected chi connectivity index (χ2v) is 5.49. The average molecular weight is 255 g/mol. The van der Waals surface area contributed by atoms with E-state index in [2.05, 4.69) is 47.7 Å². The Morgan fingerprint density at radius 2 is 2.05 bits per heavy atom. The molecular weight excluding hydrogens is 234 g/mol. The Balaban J connectivity index is 1.71. The summed E-state index contributed by atoms with van der Waals surface area (Å²) in [5, 5.41) is 8.02. The van der Waals surface area contributed by atoms with Crippen LogP contribution in [0.1, 0.15) is 35.7 Å². The monoisotopic (exact) mass is 255 g/mol. The molecule has 1 aromatic carbocycles. The second kappa shape index (κ2) is 5.17. The van der Waals surface area contributed by atoms with Crippen LogP contribution in [-0.2, 0) is 13.6 Å². The summed E-state index contributed by atoms with van der Waals surface area (Å²) < 4.78 is 1.94. The lowest BCUT2D eigenvalue weighted by Gasteiger charge is -2.18. The fraction of sp³-hybridized carbons (Fsp3) is 0.438. The molecule has 3 rings (SSSR count). The summed E-state index contributed by atoms with van der Waals surface area (Å²) in [5.41, 5.74) is 3.95. The van der Waals surface area contributed by atoms with Crippen LogP contribution in [0.15, 0.2) is 36.5 Å². The minimum atomic E-state index is 0.487. The van der Waals surface area contributed by atoms with Gasteiger partial charge in [-0.25, -0.2) is 0 Å². The first-order valence-electron chi connectivity index (χ1n) is 7.01. The van der Waals surface area contributed by atoms with Crippen molar-refractivity contribution < 1.29 is 0 Å². The van der Waals surface area contributed by atoms with E-state index in [0.29, 0.717) is 6.04 Å². The number of hydrogen-bond acceptors (Lipinski definition) is 2. The molecule has 1 aromatic heterocycles. The van der Waals surface area contributed by atoms with E-state index < -0.39 is 0 Å². The highest BCUT2D eigenvalue weighted by molar-refractivity contribution is 5.22. The molecule has 3 nitrogen and oxygen atoms in total. The van der Waals surface area contributed by atoms with Crippen LogP contribution in [0.3, 0.4) is 0 Å². The lowest BCUT2D eigenvalue weighted by Crippen LogP contribution is -2.22. The summed E-state index contributed by atoms with van der Waals surface area (Å²) in [4.78, 5) is 0. The predicted molar refractivity (Wildman–Crippen MR) is 76.7 cm³/mol. The number of nitrogens with zero attached hydrogens (tertiary/aromatic N) is 2. The smallest absolute Gasteiger partial charge is 0.0537 e. The Labute approximate surface area is 114 Å². The molecule has 0 aliphatic heterocycles. The van der Waals surface area contributed by atoms with Gasteiger partial charge >= 0.3 is 0 Å². The van der Waals surface area contributed by atoms with Gasteiger partial charge in [-0.1, -0.05) is 30.3 Å². The third-order valence-electron chi connectivity index (χ3n) is 4.10. The van der Waals surface area contributed by atoms with E-state index in [1.807, 2.05) is 17.9 Å². The third-order valence-corrected chi connectivity index (χ3v) is 4.10. The lowest BCUT2D eigenvalue weighted by molar-refractivity contribution is 0.479. The van der Waals surface area contributed by atoms with Gasteiger partial charge in [-0.15, -0.1) is 0 Å². The molecule has 1 unspecified atom stereocenters. The van der Waals surface area contributed by atoms with E-state index in [4.69, 9.17) is 0 Å². The van der Waals surface area contributed by atoms with Gasteiger partial charge in [0.2, 0.25) is 0 Å². The summed E-state index contributed by atoms with van der Waals surface area (Å²) in [6.45, 7) is 3.02. The van der Waals surface area contributed by atoms with Crippen LogP contribution in [0.4, 0.5) is 0 Å². The van der Waals surface area contributed by atoms with Gasteiger partial charge in [0.15, 0.2) is 0 Å². The number of aromatic nitrogens is 2. The Bertz CT molecular complexity index is 540. The number of rotatable bonds is 5. The maximum absolute atomic E-state index is 4.30. The number of nitrogens with one attached hydrogen (secondary N) is 1. The van der Waals surface area contributed by atoms with Crippen molar-refractivity contribution in [1.29, 1.82) is 0 Å². The van der Waals surface area contributed by atoms with Crippen molar-refractivity contribution >= 4 is 0 Å². The molecular formula is C16H21N3. The van der Waals surface area contributed by atoms with E-state index in [0.717, 1.165) is 12.5 Å². The molecule has 1 N–H and O–H groups in total. The first kappa shape index (κ1) is 12.4. The summed E-state index contributed by atoms with van der Waals surface area (Å²) in [5.74, 6) is 0.805. The molecule has 0 saturated heterocycles. The van der Waals surface area contributed by atoms with Gasteiger partial charge in [0.05, 0.1) is 6.20 Å². The quantitative estimate of drug-likeness (QED) is 0.890. The molecule has 1 aliphatic rings. The molecule has 2 aromatic rings. The van der Waals surface area contributed by atoms with Crippen molar-refractivity contribution in [3.8, 4) is 0 Å². The van der Waals surface area contributed by atoms with E-state index in [1.165, 1.54) is 29.7 Å². The van der Waals surface area contributed by atoms with E-state index in [-0.39, 0.29) is 0 Å². The van der Waals surface area contributed by atoms with Crippen molar-refractivity contribution in [3.05, 3.63) is 53.3 Å². The average Bonchev–Trinajstić information content (AvgIpc) is 3.22. The summed E-state index contributed by atoms with van der Waals surface area (Å²) in [7, 11) is 1.99. The standard InChI is InChI=1S/C16H21N3/c1-12-15(11-18-19(12)2)10-17-16(14-8-9-14)13-6-4-3-5-7-13/h3-7,11,14,16-17H,8-10H2,1-2H3. The summed E-state index contributed by atoms with van der Waals surface area (Å²) in [6, 6.07) is 11.3. The molecule has 0 spiro atoms. The number of benzene rings is 1. The summed E-state index contributed by atoms with van der Waals surface area (Å²) >= 11 is 0. The maximum Gasteiger partial charge on any atom is 0.0537 e. The van der Waals surface area contributed by atoms with Crippen molar-refractivity contribution in [1.82, 2.24) is 15.1 Å². The zero-order valence-corrected chi connectivity index (χ0v) is 11.6. The largest absolute Gasteiger partial charge is 0.305 e.